The molecule has 0 aliphatic carbocycles. The molecule has 4 rings (SSSR count). The van der Waals surface area contributed by atoms with E-state index in [-0.39, 0.29) is 18.1 Å². The Balaban J connectivity index is 1.63. The minimum Gasteiger partial charge on any atom is -0.372 e. The fraction of sp³-hybridized carbons (Fsp3) is 0.333. The minimum atomic E-state index is -0.214. The van der Waals surface area contributed by atoms with Gasteiger partial charge in [0.25, 0.3) is 5.91 Å². The van der Waals surface area contributed by atoms with E-state index in [1.165, 1.54) is 0 Å². The third-order valence-corrected chi connectivity index (χ3v) is 4.85. The SMILES string of the molecule is Cc1ccc2[nH]nc(C(=O)Nc3ccccc3N3CC(C)OC(C)C3)c2c1. The van der Waals surface area contributed by atoms with Crippen LogP contribution in [-0.4, -0.2) is 41.4 Å². The van der Waals surface area contributed by atoms with Crippen molar-refractivity contribution in [2.75, 3.05) is 23.3 Å². The molecule has 2 atom stereocenters. The molecule has 1 aliphatic rings. The Morgan fingerprint density at radius 1 is 1.19 bits per heavy atom. The van der Waals surface area contributed by atoms with Crippen LogP contribution in [0.5, 0.6) is 0 Å². The van der Waals surface area contributed by atoms with Crippen molar-refractivity contribution >= 4 is 28.2 Å². The smallest absolute Gasteiger partial charge is 0.276 e. The number of nitrogens with one attached hydrogen (secondary N) is 2. The van der Waals surface area contributed by atoms with Gasteiger partial charge in [-0.15, -0.1) is 0 Å². The molecular formula is C21H24N4O2. The number of rotatable bonds is 3. The van der Waals surface area contributed by atoms with Gasteiger partial charge in [-0.3, -0.25) is 9.89 Å². The van der Waals surface area contributed by atoms with Crippen molar-refractivity contribution in [2.45, 2.75) is 33.0 Å². The number of ether oxygens (including phenoxy) is 1. The first-order chi connectivity index (χ1) is 13.0. The van der Waals surface area contributed by atoms with E-state index < -0.39 is 0 Å². The summed E-state index contributed by atoms with van der Waals surface area (Å²) in [6, 6.07) is 13.8. The molecule has 0 radical (unpaired) electrons. The first-order valence-corrected chi connectivity index (χ1v) is 9.27. The van der Waals surface area contributed by atoms with Crippen LogP contribution < -0.4 is 10.2 Å². The molecule has 0 spiro atoms. The molecule has 27 heavy (non-hydrogen) atoms. The molecule has 2 unspecified atom stereocenters. The number of nitrogens with zero attached hydrogens (tertiary/aromatic N) is 2. The van der Waals surface area contributed by atoms with Gasteiger partial charge in [0, 0.05) is 18.5 Å². The largest absolute Gasteiger partial charge is 0.372 e. The first-order valence-electron chi connectivity index (χ1n) is 9.27. The number of H-pyrrole nitrogens is 1. The normalized spacial score (nSPS) is 20.0. The van der Waals surface area contributed by atoms with Crippen LogP contribution in [0.1, 0.15) is 29.9 Å². The second-order valence-corrected chi connectivity index (χ2v) is 7.25. The molecule has 3 aromatic rings. The van der Waals surface area contributed by atoms with Gasteiger partial charge in [-0.05, 0) is 45.0 Å². The third-order valence-electron chi connectivity index (χ3n) is 4.85. The Hall–Kier alpha value is -2.86. The molecule has 6 nitrogen and oxygen atoms in total. The van der Waals surface area contributed by atoms with Crippen LogP contribution >= 0.6 is 0 Å². The molecule has 1 aromatic heterocycles. The molecule has 2 heterocycles. The van der Waals surface area contributed by atoms with Gasteiger partial charge in [-0.25, -0.2) is 0 Å². The van der Waals surface area contributed by atoms with E-state index in [0.717, 1.165) is 40.9 Å². The molecule has 1 saturated heterocycles. The summed E-state index contributed by atoms with van der Waals surface area (Å²) in [6.45, 7) is 7.73. The molecule has 1 fully saturated rings. The number of anilines is 2. The van der Waals surface area contributed by atoms with Crippen LogP contribution in [-0.2, 0) is 4.74 Å². The second-order valence-electron chi connectivity index (χ2n) is 7.25. The predicted molar refractivity (Wildman–Crippen MR) is 107 cm³/mol. The average Bonchev–Trinajstić information content (AvgIpc) is 3.04. The van der Waals surface area contributed by atoms with Crippen LogP contribution in [0, 0.1) is 6.92 Å². The highest BCUT2D eigenvalue weighted by molar-refractivity contribution is 6.12. The van der Waals surface area contributed by atoms with Gasteiger partial charge in [0.2, 0.25) is 0 Å². The summed E-state index contributed by atoms with van der Waals surface area (Å²) in [5.41, 5.74) is 4.15. The predicted octanol–water partition coefficient (Wildman–Crippen LogP) is 3.74. The zero-order valence-corrected chi connectivity index (χ0v) is 15.8. The molecule has 0 bridgehead atoms. The van der Waals surface area contributed by atoms with Crippen molar-refractivity contribution in [3.05, 3.63) is 53.7 Å². The van der Waals surface area contributed by atoms with Gasteiger partial charge < -0.3 is 15.0 Å². The van der Waals surface area contributed by atoms with Crippen LogP contribution in [0.3, 0.4) is 0 Å². The number of carbonyl (C=O) groups excluding carboxylic acids is 1. The van der Waals surface area contributed by atoms with Gasteiger partial charge in [0.1, 0.15) is 0 Å². The standard InChI is InChI=1S/C21H24N4O2/c1-13-8-9-17-16(10-13)20(24-23-17)21(26)22-18-6-4-5-7-19(18)25-11-14(2)27-15(3)12-25/h4-10,14-15H,11-12H2,1-3H3,(H,22,26)(H,23,24). The van der Waals surface area contributed by atoms with Gasteiger partial charge in [-0.1, -0.05) is 23.8 Å². The Kier molecular flexibility index (Phi) is 4.58. The Morgan fingerprint density at radius 2 is 1.93 bits per heavy atom. The molecule has 140 valence electrons. The van der Waals surface area contributed by atoms with E-state index in [0.29, 0.717) is 5.69 Å². The number of hydrogen-bond donors (Lipinski definition) is 2. The first kappa shape index (κ1) is 17.5. The highest BCUT2D eigenvalue weighted by Crippen LogP contribution is 2.29. The van der Waals surface area contributed by atoms with Gasteiger partial charge in [0.05, 0.1) is 29.1 Å². The van der Waals surface area contributed by atoms with Gasteiger partial charge in [-0.2, -0.15) is 5.10 Å². The van der Waals surface area contributed by atoms with E-state index in [1.807, 2.05) is 49.4 Å². The van der Waals surface area contributed by atoms with E-state index in [1.54, 1.807) is 0 Å². The van der Waals surface area contributed by atoms with Crippen LogP contribution in [0.2, 0.25) is 0 Å². The second kappa shape index (κ2) is 7.04. The number of hydrogen-bond acceptors (Lipinski definition) is 4. The molecular weight excluding hydrogens is 340 g/mol. The van der Waals surface area contributed by atoms with Crippen molar-refractivity contribution in [2.24, 2.45) is 0 Å². The summed E-state index contributed by atoms with van der Waals surface area (Å²) in [5.74, 6) is -0.214. The quantitative estimate of drug-likeness (QED) is 0.743. The molecule has 1 amide bonds. The maximum absolute atomic E-state index is 12.9. The van der Waals surface area contributed by atoms with Crippen molar-refractivity contribution in [3.63, 3.8) is 0 Å². The van der Waals surface area contributed by atoms with E-state index >= 15 is 0 Å². The topological polar surface area (TPSA) is 70.2 Å². The van der Waals surface area contributed by atoms with E-state index in [2.05, 4.69) is 34.3 Å². The lowest BCUT2D eigenvalue weighted by atomic mass is 10.1. The highest BCUT2D eigenvalue weighted by Gasteiger charge is 2.25. The molecule has 1 aliphatic heterocycles. The number of benzene rings is 2. The maximum atomic E-state index is 12.9. The fourth-order valence-electron chi connectivity index (χ4n) is 3.71. The Morgan fingerprint density at radius 3 is 2.70 bits per heavy atom. The lowest BCUT2D eigenvalue weighted by Gasteiger charge is -2.37. The van der Waals surface area contributed by atoms with Crippen LogP contribution in [0.25, 0.3) is 10.9 Å². The Bertz CT molecular complexity index is 971. The fourth-order valence-corrected chi connectivity index (χ4v) is 3.71. The van der Waals surface area contributed by atoms with Crippen LogP contribution in [0.4, 0.5) is 11.4 Å². The zero-order chi connectivity index (χ0) is 19.0. The average molecular weight is 364 g/mol. The highest BCUT2D eigenvalue weighted by atomic mass is 16.5. The third kappa shape index (κ3) is 3.53. The number of para-hydroxylation sites is 2. The lowest BCUT2D eigenvalue weighted by molar-refractivity contribution is -0.00517. The lowest BCUT2D eigenvalue weighted by Crippen LogP contribution is -2.45. The summed E-state index contributed by atoms with van der Waals surface area (Å²) in [4.78, 5) is 15.2. The summed E-state index contributed by atoms with van der Waals surface area (Å²) >= 11 is 0. The Labute approximate surface area is 158 Å². The zero-order valence-electron chi connectivity index (χ0n) is 15.8. The number of amides is 1. The number of morpholine rings is 1. The van der Waals surface area contributed by atoms with E-state index in [4.69, 9.17) is 4.74 Å². The van der Waals surface area contributed by atoms with Crippen molar-refractivity contribution in [3.8, 4) is 0 Å². The monoisotopic (exact) mass is 364 g/mol. The van der Waals surface area contributed by atoms with Crippen molar-refractivity contribution < 1.29 is 9.53 Å². The van der Waals surface area contributed by atoms with Crippen LogP contribution in [0.15, 0.2) is 42.5 Å². The molecule has 2 aromatic carbocycles. The number of aryl methyl sites for hydroxylation is 1. The summed E-state index contributed by atoms with van der Waals surface area (Å²) in [7, 11) is 0. The number of aromatic amines is 1. The summed E-state index contributed by atoms with van der Waals surface area (Å²) in [6.07, 6.45) is 0.298. The van der Waals surface area contributed by atoms with Crippen molar-refractivity contribution in [1.82, 2.24) is 10.2 Å². The van der Waals surface area contributed by atoms with Gasteiger partial charge in [0.15, 0.2) is 5.69 Å². The summed E-state index contributed by atoms with van der Waals surface area (Å²) < 4.78 is 5.83. The maximum Gasteiger partial charge on any atom is 0.276 e. The molecule has 2 N–H and O–H groups in total. The molecule has 0 saturated carbocycles. The number of carbonyl (C=O) groups is 1. The number of fused-ring (bicyclic) bond motifs is 1. The van der Waals surface area contributed by atoms with Gasteiger partial charge >= 0.3 is 0 Å². The molecule has 6 heteroatoms. The minimum absolute atomic E-state index is 0.149. The van der Waals surface area contributed by atoms with Crippen molar-refractivity contribution in [1.29, 1.82) is 0 Å². The van der Waals surface area contributed by atoms with E-state index in [9.17, 15) is 4.79 Å². The number of aromatic nitrogens is 2. The summed E-state index contributed by atoms with van der Waals surface area (Å²) in [5, 5.41) is 11.0.